The van der Waals surface area contributed by atoms with Crippen molar-refractivity contribution >= 4 is 15.9 Å². The molecular formula is C13H17N3O4S. The van der Waals surface area contributed by atoms with Crippen LogP contribution in [0.3, 0.4) is 0 Å². The van der Waals surface area contributed by atoms with Crippen molar-refractivity contribution in [1.82, 2.24) is 15.0 Å². The number of sulfonamides is 1. The number of pyridine rings is 1. The normalized spacial score (nSPS) is 10.6. The molecule has 0 aromatic carbocycles. The third-order valence-electron chi connectivity index (χ3n) is 2.24. The Morgan fingerprint density at radius 2 is 2.14 bits per heavy atom. The van der Waals surface area contributed by atoms with Crippen molar-refractivity contribution < 1.29 is 18.3 Å². The first-order chi connectivity index (χ1) is 9.92. The minimum absolute atomic E-state index is 0.00241. The molecule has 7 nitrogen and oxygen atoms in total. The summed E-state index contributed by atoms with van der Waals surface area (Å²) >= 11 is 0. The Hall–Kier alpha value is -1.95. The van der Waals surface area contributed by atoms with E-state index in [1.54, 1.807) is 6.07 Å². The maximum absolute atomic E-state index is 11.7. The van der Waals surface area contributed by atoms with Crippen LogP contribution in [0.2, 0.25) is 0 Å². The van der Waals surface area contributed by atoms with Crippen LogP contribution in [0.4, 0.5) is 0 Å². The average molecular weight is 311 g/mol. The zero-order valence-electron chi connectivity index (χ0n) is 11.6. The quantitative estimate of drug-likeness (QED) is 0.466. The molecule has 1 aromatic rings. The lowest BCUT2D eigenvalue weighted by molar-refractivity contribution is 0.0949. The molecule has 3 N–H and O–H groups in total. The van der Waals surface area contributed by atoms with Crippen LogP contribution in [0.1, 0.15) is 22.5 Å². The van der Waals surface area contributed by atoms with E-state index in [2.05, 4.69) is 26.9 Å². The van der Waals surface area contributed by atoms with E-state index in [0.717, 1.165) is 6.26 Å². The van der Waals surface area contributed by atoms with E-state index in [1.165, 1.54) is 12.3 Å². The molecule has 1 rings (SSSR count). The number of carbonyl (C=O) groups is 1. The number of carbonyl (C=O) groups excluding carboxylic acids is 1. The fourth-order valence-electron chi connectivity index (χ4n) is 1.33. The molecule has 8 heteroatoms. The number of rotatable bonds is 6. The molecule has 0 aliphatic heterocycles. The zero-order chi connectivity index (χ0) is 15.7. The van der Waals surface area contributed by atoms with Gasteiger partial charge in [0.1, 0.15) is 5.69 Å². The molecule has 0 atom stereocenters. The first kappa shape index (κ1) is 17.1. The van der Waals surface area contributed by atoms with E-state index in [9.17, 15) is 13.2 Å². The monoisotopic (exact) mass is 311 g/mol. The van der Waals surface area contributed by atoms with Crippen LogP contribution in [-0.4, -0.2) is 50.4 Å². The van der Waals surface area contributed by atoms with E-state index in [1.807, 2.05) is 0 Å². The van der Waals surface area contributed by atoms with Crippen LogP contribution in [-0.2, 0) is 10.0 Å². The minimum Gasteiger partial charge on any atom is -0.395 e. The van der Waals surface area contributed by atoms with Crippen LogP contribution < -0.4 is 10.0 Å². The fourth-order valence-corrected chi connectivity index (χ4v) is 1.80. The predicted octanol–water partition coefficient (Wildman–Crippen LogP) is -0.905. The topological polar surface area (TPSA) is 108 Å². The molecule has 0 saturated carbocycles. The van der Waals surface area contributed by atoms with Crippen molar-refractivity contribution in [3.05, 3.63) is 29.6 Å². The molecule has 0 radical (unpaired) electrons. The van der Waals surface area contributed by atoms with Crippen LogP contribution in [0.5, 0.6) is 0 Å². The lowest BCUT2D eigenvalue weighted by Gasteiger charge is -2.05. The van der Waals surface area contributed by atoms with Gasteiger partial charge in [-0.3, -0.25) is 4.79 Å². The molecular weight excluding hydrogens is 294 g/mol. The zero-order valence-corrected chi connectivity index (χ0v) is 12.4. The number of aromatic nitrogens is 1. The molecule has 0 aliphatic carbocycles. The first-order valence-electron chi connectivity index (χ1n) is 6.21. The summed E-state index contributed by atoms with van der Waals surface area (Å²) in [5.74, 6) is 5.16. The van der Waals surface area contributed by atoms with Crippen molar-refractivity contribution in [2.75, 3.05) is 26.0 Å². The molecule has 1 heterocycles. The third kappa shape index (κ3) is 7.41. The predicted molar refractivity (Wildman–Crippen MR) is 78.0 cm³/mol. The van der Waals surface area contributed by atoms with Crippen LogP contribution in [0.25, 0.3) is 0 Å². The van der Waals surface area contributed by atoms with Gasteiger partial charge >= 0.3 is 0 Å². The summed E-state index contributed by atoms with van der Waals surface area (Å²) in [4.78, 5) is 15.7. The summed E-state index contributed by atoms with van der Waals surface area (Å²) in [6.07, 6.45) is 2.90. The summed E-state index contributed by atoms with van der Waals surface area (Å²) in [6.45, 7) is 0.295. The van der Waals surface area contributed by atoms with Crippen molar-refractivity contribution in [2.45, 2.75) is 6.42 Å². The van der Waals surface area contributed by atoms with Gasteiger partial charge in [0.25, 0.3) is 5.91 Å². The number of aliphatic hydroxyl groups excluding tert-OH is 1. The summed E-state index contributed by atoms with van der Waals surface area (Å²) in [5.41, 5.74) is 0.876. The molecule has 114 valence electrons. The van der Waals surface area contributed by atoms with Gasteiger partial charge in [-0.1, -0.05) is 11.8 Å². The van der Waals surface area contributed by atoms with Crippen molar-refractivity contribution in [2.24, 2.45) is 0 Å². The second kappa shape index (κ2) is 8.36. The van der Waals surface area contributed by atoms with E-state index < -0.39 is 10.0 Å². The van der Waals surface area contributed by atoms with Crippen LogP contribution >= 0.6 is 0 Å². The van der Waals surface area contributed by atoms with Gasteiger partial charge in [-0.15, -0.1) is 0 Å². The fraction of sp³-hybridized carbons (Fsp3) is 0.385. The van der Waals surface area contributed by atoms with E-state index in [0.29, 0.717) is 12.0 Å². The Bertz CT molecular complexity index is 630. The van der Waals surface area contributed by atoms with Gasteiger partial charge < -0.3 is 10.4 Å². The standard InChI is InChI=1S/C13H17N3O4S/c1-21(19,20)16-8-7-14-13(18)12-6-5-11(10-15-12)4-2-3-9-17/h5-6,10,16-17H,3,7-9H2,1H3,(H,14,18). The number of amides is 1. The van der Waals surface area contributed by atoms with Crippen molar-refractivity contribution in [3.8, 4) is 11.8 Å². The summed E-state index contributed by atoms with van der Waals surface area (Å²) < 4.78 is 23.9. The van der Waals surface area contributed by atoms with Gasteiger partial charge in [-0.05, 0) is 12.1 Å². The molecule has 0 aliphatic rings. The number of hydrogen-bond acceptors (Lipinski definition) is 5. The molecule has 0 saturated heterocycles. The van der Waals surface area contributed by atoms with Crippen molar-refractivity contribution in [3.63, 3.8) is 0 Å². The van der Waals surface area contributed by atoms with Gasteiger partial charge in [0, 0.05) is 31.3 Å². The lowest BCUT2D eigenvalue weighted by Crippen LogP contribution is -2.34. The minimum atomic E-state index is -3.25. The summed E-state index contributed by atoms with van der Waals surface area (Å²) in [5, 5.41) is 11.1. The number of nitrogens with zero attached hydrogens (tertiary/aromatic N) is 1. The van der Waals surface area contributed by atoms with Gasteiger partial charge in [-0.25, -0.2) is 18.1 Å². The van der Waals surface area contributed by atoms with E-state index in [4.69, 9.17) is 5.11 Å². The Labute approximate surface area is 123 Å². The van der Waals surface area contributed by atoms with Gasteiger partial charge in [0.05, 0.1) is 12.9 Å². The average Bonchev–Trinajstić information content (AvgIpc) is 2.43. The smallest absolute Gasteiger partial charge is 0.269 e. The largest absolute Gasteiger partial charge is 0.395 e. The summed E-state index contributed by atoms with van der Waals surface area (Å²) in [6, 6.07) is 3.18. The highest BCUT2D eigenvalue weighted by atomic mass is 32.2. The number of hydrogen-bond donors (Lipinski definition) is 3. The van der Waals surface area contributed by atoms with Crippen LogP contribution in [0, 0.1) is 11.8 Å². The van der Waals surface area contributed by atoms with Gasteiger partial charge in [-0.2, -0.15) is 0 Å². The Morgan fingerprint density at radius 3 is 2.71 bits per heavy atom. The van der Waals surface area contributed by atoms with Crippen molar-refractivity contribution in [1.29, 1.82) is 0 Å². The molecule has 0 unspecified atom stereocenters. The number of aliphatic hydroxyl groups is 1. The van der Waals surface area contributed by atoms with Gasteiger partial charge in [0.2, 0.25) is 10.0 Å². The van der Waals surface area contributed by atoms with E-state index >= 15 is 0 Å². The molecule has 1 aromatic heterocycles. The summed E-state index contributed by atoms with van der Waals surface area (Å²) in [7, 11) is -3.25. The highest BCUT2D eigenvalue weighted by Crippen LogP contribution is 1.99. The Balaban J connectivity index is 2.47. The Kier molecular flexibility index (Phi) is 6.81. The maximum atomic E-state index is 11.7. The van der Waals surface area contributed by atoms with Crippen LogP contribution in [0.15, 0.2) is 18.3 Å². The Morgan fingerprint density at radius 1 is 1.38 bits per heavy atom. The number of nitrogens with one attached hydrogen (secondary N) is 2. The maximum Gasteiger partial charge on any atom is 0.269 e. The SMILES string of the molecule is CS(=O)(=O)NCCNC(=O)c1ccc(C#CCCO)cn1. The highest BCUT2D eigenvalue weighted by molar-refractivity contribution is 7.88. The third-order valence-corrected chi connectivity index (χ3v) is 2.97. The molecule has 0 spiro atoms. The molecule has 1 amide bonds. The second-order valence-electron chi connectivity index (χ2n) is 4.13. The van der Waals surface area contributed by atoms with E-state index in [-0.39, 0.29) is 31.3 Å². The first-order valence-corrected chi connectivity index (χ1v) is 8.10. The van der Waals surface area contributed by atoms with Gasteiger partial charge in [0.15, 0.2) is 0 Å². The molecule has 21 heavy (non-hydrogen) atoms. The highest BCUT2D eigenvalue weighted by Gasteiger charge is 2.06. The molecule has 0 bridgehead atoms. The lowest BCUT2D eigenvalue weighted by atomic mass is 10.2. The second-order valence-corrected chi connectivity index (χ2v) is 5.96. The molecule has 0 fully saturated rings.